The molecule has 4 heteroatoms. The molecule has 1 amide bonds. The Labute approximate surface area is 102 Å². The molecule has 1 aromatic carbocycles. The molecule has 1 rings (SSSR count). The summed E-state index contributed by atoms with van der Waals surface area (Å²) in [5.41, 5.74) is -0.100. The monoisotopic (exact) mass is 238 g/mol. The van der Waals surface area contributed by atoms with Gasteiger partial charge in [-0.3, -0.25) is 4.79 Å². The smallest absolute Gasteiger partial charge is 0.246 e. The highest BCUT2D eigenvalue weighted by Crippen LogP contribution is 2.17. The van der Waals surface area contributed by atoms with E-state index in [4.69, 9.17) is 0 Å². The second kappa shape index (κ2) is 5.27. The number of hydrogen-bond donors (Lipinski definition) is 1. The molecule has 3 nitrogen and oxygen atoms in total. The van der Waals surface area contributed by atoms with Crippen LogP contribution in [-0.4, -0.2) is 25.0 Å². The first kappa shape index (κ1) is 13.6. The summed E-state index contributed by atoms with van der Waals surface area (Å²) in [6, 6.07) is 6.01. The Hall–Kier alpha value is -1.42. The van der Waals surface area contributed by atoms with Gasteiger partial charge in [-0.25, -0.2) is 4.39 Å². The van der Waals surface area contributed by atoms with Crippen LogP contribution in [0.4, 0.5) is 10.1 Å². The van der Waals surface area contributed by atoms with Crippen molar-refractivity contribution in [3.8, 4) is 0 Å². The number of nitrogens with one attached hydrogen (secondary N) is 1. The molecule has 0 bridgehead atoms. The van der Waals surface area contributed by atoms with Crippen LogP contribution >= 0.6 is 0 Å². The van der Waals surface area contributed by atoms with E-state index >= 15 is 0 Å². The zero-order valence-electron chi connectivity index (χ0n) is 10.7. The fraction of sp³-hybridized carbons (Fsp3) is 0.462. The summed E-state index contributed by atoms with van der Waals surface area (Å²) in [5.74, 6) is -0.437. The molecule has 0 saturated carbocycles. The molecular formula is C13H19FN2O. The average Bonchev–Trinajstić information content (AvgIpc) is 2.27. The topological polar surface area (TPSA) is 32.3 Å². The van der Waals surface area contributed by atoms with Crippen LogP contribution in [0.1, 0.15) is 20.8 Å². The SMILES string of the molecule is CCNC(C)(C)C(=O)N(C)c1cccc(F)c1. The lowest BCUT2D eigenvalue weighted by molar-refractivity contribution is -0.123. The Balaban J connectivity index is 2.90. The molecule has 1 aromatic rings. The highest BCUT2D eigenvalue weighted by Gasteiger charge is 2.29. The lowest BCUT2D eigenvalue weighted by atomic mass is 10.0. The first-order valence-corrected chi connectivity index (χ1v) is 5.67. The van der Waals surface area contributed by atoms with Gasteiger partial charge in [-0.05, 0) is 38.6 Å². The molecule has 94 valence electrons. The second-order valence-electron chi connectivity index (χ2n) is 4.50. The standard InChI is InChI=1S/C13H19FN2O/c1-5-15-13(2,3)12(17)16(4)11-8-6-7-10(14)9-11/h6-9,15H,5H2,1-4H3. The number of anilines is 1. The molecule has 0 fully saturated rings. The van der Waals surface area contributed by atoms with Gasteiger partial charge in [0.05, 0.1) is 5.54 Å². The summed E-state index contributed by atoms with van der Waals surface area (Å²) in [6.45, 7) is 6.27. The summed E-state index contributed by atoms with van der Waals surface area (Å²) < 4.78 is 13.1. The highest BCUT2D eigenvalue weighted by molar-refractivity contribution is 5.99. The van der Waals surface area contributed by atoms with E-state index in [-0.39, 0.29) is 11.7 Å². The summed E-state index contributed by atoms with van der Waals surface area (Å²) in [5, 5.41) is 3.10. The van der Waals surface area contributed by atoms with Crippen molar-refractivity contribution >= 4 is 11.6 Å². The second-order valence-corrected chi connectivity index (χ2v) is 4.50. The van der Waals surface area contributed by atoms with Crippen LogP contribution in [0, 0.1) is 5.82 Å². The van der Waals surface area contributed by atoms with Crippen molar-refractivity contribution in [2.24, 2.45) is 0 Å². The molecule has 0 aliphatic rings. The average molecular weight is 238 g/mol. The Kier molecular flexibility index (Phi) is 4.23. The number of amides is 1. The third-order valence-electron chi connectivity index (χ3n) is 2.65. The number of hydrogen-bond acceptors (Lipinski definition) is 2. The predicted molar refractivity (Wildman–Crippen MR) is 67.6 cm³/mol. The number of benzene rings is 1. The van der Waals surface area contributed by atoms with Gasteiger partial charge < -0.3 is 10.2 Å². The van der Waals surface area contributed by atoms with Crippen LogP contribution in [0.3, 0.4) is 0 Å². The van der Waals surface area contributed by atoms with E-state index in [0.29, 0.717) is 12.2 Å². The van der Waals surface area contributed by atoms with E-state index < -0.39 is 5.54 Å². The van der Waals surface area contributed by atoms with Gasteiger partial charge in [0.15, 0.2) is 0 Å². The van der Waals surface area contributed by atoms with Crippen molar-refractivity contribution in [1.29, 1.82) is 0 Å². The summed E-state index contributed by atoms with van der Waals surface area (Å²) in [6.07, 6.45) is 0. The number of carbonyl (C=O) groups is 1. The summed E-state index contributed by atoms with van der Waals surface area (Å²) in [7, 11) is 1.65. The number of carbonyl (C=O) groups excluding carboxylic acids is 1. The van der Waals surface area contributed by atoms with E-state index in [9.17, 15) is 9.18 Å². The Morgan fingerprint density at radius 2 is 2.12 bits per heavy atom. The maximum absolute atomic E-state index is 13.1. The maximum Gasteiger partial charge on any atom is 0.246 e. The highest BCUT2D eigenvalue weighted by atomic mass is 19.1. The van der Waals surface area contributed by atoms with Crippen LogP contribution in [0.25, 0.3) is 0 Å². The van der Waals surface area contributed by atoms with Crippen LogP contribution in [-0.2, 0) is 4.79 Å². The van der Waals surface area contributed by atoms with Crippen molar-refractivity contribution in [1.82, 2.24) is 5.32 Å². The molecule has 0 aromatic heterocycles. The Morgan fingerprint density at radius 3 is 2.65 bits per heavy atom. The first-order chi connectivity index (χ1) is 7.88. The zero-order valence-corrected chi connectivity index (χ0v) is 10.7. The third kappa shape index (κ3) is 3.27. The van der Waals surface area contributed by atoms with Gasteiger partial charge in [-0.1, -0.05) is 13.0 Å². The molecule has 0 radical (unpaired) electrons. The van der Waals surface area contributed by atoms with E-state index in [1.807, 2.05) is 20.8 Å². The van der Waals surface area contributed by atoms with E-state index in [2.05, 4.69) is 5.32 Å². The van der Waals surface area contributed by atoms with Crippen molar-refractivity contribution in [2.45, 2.75) is 26.3 Å². The molecule has 17 heavy (non-hydrogen) atoms. The minimum atomic E-state index is -0.657. The van der Waals surface area contributed by atoms with Gasteiger partial charge in [0.2, 0.25) is 5.91 Å². The Bertz CT molecular complexity index is 404. The number of rotatable bonds is 4. The molecule has 1 N–H and O–H groups in total. The fourth-order valence-electron chi connectivity index (χ4n) is 1.74. The normalized spacial score (nSPS) is 11.4. The largest absolute Gasteiger partial charge is 0.314 e. The molecule has 0 aliphatic heterocycles. The summed E-state index contributed by atoms with van der Waals surface area (Å²) in [4.78, 5) is 13.7. The van der Waals surface area contributed by atoms with Gasteiger partial charge in [0, 0.05) is 12.7 Å². The zero-order chi connectivity index (χ0) is 13.1. The third-order valence-corrected chi connectivity index (χ3v) is 2.65. The van der Waals surface area contributed by atoms with Crippen molar-refractivity contribution in [3.63, 3.8) is 0 Å². The van der Waals surface area contributed by atoms with Crippen LogP contribution in [0.2, 0.25) is 0 Å². The molecule has 0 unspecified atom stereocenters. The number of halogens is 1. The molecule has 0 spiro atoms. The van der Waals surface area contributed by atoms with Crippen LogP contribution in [0.15, 0.2) is 24.3 Å². The quantitative estimate of drug-likeness (QED) is 0.872. The van der Waals surface area contributed by atoms with Gasteiger partial charge in [-0.15, -0.1) is 0 Å². The van der Waals surface area contributed by atoms with E-state index in [1.165, 1.54) is 17.0 Å². The van der Waals surface area contributed by atoms with Crippen LogP contribution in [0.5, 0.6) is 0 Å². The molecule has 0 heterocycles. The van der Waals surface area contributed by atoms with Crippen molar-refractivity contribution in [3.05, 3.63) is 30.1 Å². The van der Waals surface area contributed by atoms with Crippen LogP contribution < -0.4 is 10.2 Å². The summed E-state index contributed by atoms with van der Waals surface area (Å²) >= 11 is 0. The first-order valence-electron chi connectivity index (χ1n) is 5.67. The molecule has 0 saturated heterocycles. The molecule has 0 aliphatic carbocycles. The van der Waals surface area contributed by atoms with Gasteiger partial charge in [0.25, 0.3) is 0 Å². The lowest BCUT2D eigenvalue weighted by Gasteiger charge is -2.30. The van der Waals surface area contributed by atoms with Gasteiger partial charge in [0.1, 0.15) is 5.82 Å². The van der Waals surface area contributed by atoms with Crippen molar-refractivity contribution in [2.75, 3.05) is 18.5 Å². The van der Waals surface area contributed by atoms with E-state index in [0.717, 1.165) is 0 Å². The minimum absolute atomic E-state index is 0.0926. The lowest BCUT2D eigenvalue weighted by Crippen LogP contribution is -2.53. The van der Waals surface area contributed by atoms with Gasteiger partial charge >= 0.3 is 0 Å². The minimum Gasteiger partial charge on any atom is -0.314 e. The fourth-order valence-corrected chi connectivity index (χ4v) is 1.74. The number of nitrogens with zero attached hydrogens (tertiary/aromatic N) is 1. The van der Waals surface area contributed by atoms with Gasteiger partial charge in [-0.2, -0.15) is 0 Å². The van der Waals surface area contributed by atoms with Crippen molar-refractivity contribution < 1.29 is 9.18 Å². The molecular weight excluding hydrogens is 219 g/mol. The molecule has 0 atom stereocenters. The predicted octanol–water partition coefficient (Wildman–Crippen LogP) is 2.18. The number of likely N-dealkylation sites (N-methyl/N-ethyl adjacent to an activating group) is 2. The van der Waals surface area contributed by atoms with E-state index in [1.54, 1.807) is 19.2 Å². The Morgan fingerprint density at radius 1 is 1.47 bits per heavy atom. The maximum atomic E-state index is 13.1.